The zero-order chi connectivity index (χ0) is 16.9. The third kappa shape index (κ3) is 4.54. The summed E-state index contributed by atoms with van der Waals surface area (Å²) in [7, 11) is 2.15. The lowest BCUT2D eigenvalue weighted by molar-refractivity contribution is -0.146. The number of hydrogen-bond acceptors (Lipinski definition) is 3. The van der Waals surface area contributed by atoms with Crippen LogP contribution in [0.3, 0.4) is 0 Å². The molecule has 0 N–H and O–H groups in total. The van der Waals surface area contributed by atoms with Crippen molar-refractivity contribution in [3.05, 3.63) is 35.6 Å². The second-order valence-corrected chi connectivity index (χ2v) is 7.13. The summed E-state index contributed by atoms with van der Waals surface area (Å²) in [5.74, 6) is 0.651. The lowest BCUT2D eigenvalue weighted by Gasteiger charge is -2.39. The Hall–Kier alpha value is -1.46. The molecule has 0 aromatic heterocycles. The van der Waals surface area contributed by atoms with Gasteiger partial charge in [0.15, 0.2) is 0 Å². The number of likely N-dealkylation sites (tertiary alicyclic amines) is 2. The van der Waals surface area contributed by atoms with Crippen molar-refractivity contribution in [2.75, 3.05) is 33.2 Å². The molecular formula is C19H27FN2O2. The van der Waals surface area contributed by atoms with Crippen LogP contribution in [0, 0.1) is 11.7 Å². The minimum atomic E-state index is -0.234. The third-order valence-electron chi connectivity index (χ3n) is 5.12. The molecule has 1 aromatic carbocycles. The minimum Gasteiger partial charge on any atom is -0.370 e. The SMILES string of the molecule is CN1CCC[C@@H](CCC(=O)N2CC(OCc3ccccc3F)C2)C1. The molecule has 4 nitrogen and oxygen atoms in total. The third-order valence-corrected chi connectivity index (χ3v) is 5.12. The summed E-state index contributed by atoms with van der Waals surface area (Å²) in [6.07, 6.45) is 4.14. The van der Waals surface area contributed by atoms with E-state index in [4.69, 9.17) is 4.74 Å². The first-order valence-electron chi connectivity index (χ1n) is 8.93. The largest absolute Gasteiger partial charge is 0.370 e. The van der Waals surface area contributed by atoms with Crippen LogP contribution in [0.4, 0.5) is 4.39 Å². The summed E-state index contributed by atoms with van der Waals surface area (Å²) in [4.78, 5) is 16.4. The lowest BCUT2D eigenvalue weighted by atomic mass is 9.93. The van der Waals surface area contributed by atoms with E-state index in [9.17, 15) is 9.18 Å². The van der Waals surface area contributed by atoms with Gasteiger partial charge in [-0.05, 0) is 44.8 Å². The Labute approximate surface area is 143 Å². The molecule has 1 aromatic rings. The number of halogens is 1. The van der Waals surface area contributed by atoms with Crippen LogP contribution in [-0.4, -0.2) is 55.0 Å². The first-order chi connectivity index (χ1) is 11.6. The van der Waals surface area contributed by atoms with Gasteiger partial charge in [-0.2, -0.15) is 0 Å². The van der Waals surface area contributed by atoms with Gasteiger partial charge >= 0.3 is 0 Å². The molecule has 24 heavy (non-hydrogen) atoms. The van der Waals surface area contributed by atoms with Gasteiger partial charge in [0.2, 0.25) is 5.91 Å². The van der Waals surface area contributed by atoms with Crippen LogP contribution in [0.2, 0.25) is 0 Å². The van der Waals surface area contributed by atoms with Crippen LogP contribution in [0.5, 0.6) is 0 Å². The van der Waals surface area contributed by atoms with Crippen LogP contribution in [0.15, 0.2) is 24.3 Å². The van der Waals surface area contributed by atoms with Crippen LogP contribution in [-0.2, 0) is 16.1 Å². The fourth-order valence-corrected chi connectivity index (χ4v) is 3.56. The van der Waals surface area contributed by atoms with Crippen LogP contribution in [0.25, 0.3) is 0 Å². The van der Waals surface area contributed by atoms with E-state index in [1.807, 2.05) is 4.90 Å². The molecule has 0 saturated carbocycles. The monoisotopic (exact) mass is 334 g/mol. The Morgan fingerprint density at radius 2 is 2.08 bits per heavy atom. The molecule has 5 heteroatoms. The van der Waals surface area contributed by atoms with Gasteiger partial charge in [0, 0.05) is 31.6 Å². The molecule has 2 saturated heterocycles. The maximum Gasteiger partial charge on any atom is 0.222 e. The zero-order valence-electron chi connectivity index (χ0n) is 14.4. The summed E-state index contributed by atoms with van der Waals surface area (Å²) >= 11 is 0. The number of carbonyl (C=O) groups excluding carboxylic acids is 1. The smallest absolute Gasteiger partial charge is 0.222 e. The van der Waals surface area contributed by atoms with Crippen LogP contribution in [0.1, 0.15) is 31.2 Å². The number of benzene rings is 1. The fraction of sp³-hybridized carbons (Fsp3) is 0.632. The van der Waals surface area contributed by atoms with Gasteiger partial charge in [0.1, 0.15) is 5.82 Å². The molecule has 2 aliphatic heterocycles. The van der Waals surface area contributed by atoms with Crippen LogP contribution >= 0.6 is 0 Å². The topological polar surface area (TPSA) is 32.8 Å². The number of carbonyl (C=O) groups is 1. The number of hydrogen-bond donors (Lipinski definition) is 0. The number of nitrogens with zero attached hydrogens (tertiary/aromatic N) is 2. The summed E-state index contributed by atoms with van der Waals surface area (Å²) in [6, 6.07) is 6.66. The number of piperidine rings is 1. The quantitative estimate of drug-likeness (QED) is 0.802. The molecule has 1 atom stereocenters. The van der Waals surface area contributed by atoms with E-state index in [1.54, 1.807) is 18.2 Å². The van der Waals surface area contributed by atoms with Crippen molar-refractivity contribution in [3.63, 3.8) is 0 Å². The van der Waals surface area contributed by atoms with Crippen molar-refractivity contribution in [2.45, 2.75) is 38.4 Å². The predicted molar refractivity (Wildman–Crippen MR) is 91.0 cm³/mol. The Morgan fingerprint density at radius 1 is 1.29 bits per heavy atom. The Morgan fingerprint density at radius 3 is 2.83 bits per heavy atom. The fourth-order valence-electron chi connectivity index (χ4n) is 3.56. The van der Waals surface area contributed by atoms with Crippen molar-refractivity contribution in [1.82, 2.24) is 9.80 Å². The maximum absolute atomic E-state index is 13.5. The van der Waals surface area contributed by atoms with E-state index in [2.05, 4.69) is 11.9 Å². The second-order valence-electron chi connectivity index (χ2n) is 7.13. The van der Waals surface area contributed by atoms with Crippen molar-refractivity contribution < 1.29 is 13.9 Å². The maximum atomic E-state index is 13.5. The van der Waals surface area contributed by atoms with Gasteiger partial charge in [0.25, 0.3) is 0 Å². The highest BCUT2D eigenvalue weighted by molar-refractivity contribution is 5.77. The van der Waals surface area contributed by atoms with Gasteiger partial charge in [-0.1, -0.05) is 18.2 Å². The first kappa shape index (κ1) is 17.4. The van der Waals surface area contributed by atoms with Gasteiger partial charge in [0.05, 0.1) is 12.7 Å². The molecule has 0 spiro atoms. The van der Waals surface area contributed by atoms with Crippen LogP contribution < -0.4 is 0 Å². The minimum absolute atomic E-state index is 0.0365. The first-order valence-corrected chi connectivity index (χ1v) is 8.93. The van der Waals surface area contributed by atoms with E-state index in [1.165, 1.54) is 25.5 Å². The average Bonchev–Trinajstić information content (AvgIpc) is 2.53. The Bertz CT molecular complexity index is 560. The van der Waals surface area contributed by atoms with Crippen molar-refractivity contribution >= 4 is 5.91 Å². The second kappa shape index (κ2) is 8.08. The highest BCUT2D eigenvalue weighted by Gasteiger charge is 2.31. The van der Waals surface area contributed by atoms with E-state index >= 15 is 0 Å². The molecule has 2 heterocycles. The number of ether oxygens (including phenoxy) is 1. The molecule has 0 radical (unpaired) electrons. The van der Waals surface area contributed by atoms with E-state index in [-0.39, 0.29) is 24.4 Å². The Kier molecular flexibility index (Phi) is 5.85. The lowest BCUT2D eigenvalue weighted by Crippen LogP contribution is -2.54. The standard InChI is InChI=1S/C19H27FN2O2/c1-21-10-4-5-15(11-21)8-9-19(23)22-12-17(13-22)24-14-16-6-2-3-7-18(16)20/h2-3,6-7,15,17H,4-5,8-14H2,1H3/t15-/m0/s1. The summed E-state index contributed by atoms with van der Waals surface area (Å²) in [5, 5.41) is 0. The molecule has 2 aliphatic rings. The van der Waals surface area contributed by atoms with Crippen molar-refractivity contribution in [2.24, 2.45) is 5.92 Å². The number of rotatable bonds is 6. The molecule has 0 aliphatic carbocycles. The van der Waals surface area contributed by atoms with Gasteiger partial charge in [-0.15, -0.1) is 0 Å². The molecule has 1 amide bonds. The van der Waals surface area contributed by atoms with Gasteiger partial charge < -0.3 is 14.5 Å². The number of amides is 1. The summed E-state index contributed by atoms with van der Waals surface area (Å²) in [6.45, 7) is 3.84. The van der Waals surface area contributed by atoms with Gasteiger partial charge in [-0.3, -0.25) is 4.79 Å². The molecule has 0 unspecified atom stereocenters. The van der Waals surface area contributed by atoms with Crippen molar-refractivity contribution in [1.29, 1.82) is 0 Å². The highest BCUT2D eigenvalue weighted by atomic mass is 19.1. The molecular weight excluding hydrogens is 307 g/mol. The predicted octanol–water partition coefficient (Wildman–Crippen LogP) is 2.68. The van der Waals surface area contributed by atoms with Crippen molar-refractivity contribution in [3.8, 4) is 0 Å². The normalized spacial score (nSPS) is 22.4. The van der Waals surface area contributed by atoms with E-state index < -0.39 is 0 Å². The summed E-state index contributed by atoms with van der Waals surface area (Å²) in [5.41, 5.74) is 0.573. The average molecular weight is 334 g/mol. The zero-order valence-corrected chi connectivity index (χ0v) is 14.4. The van der Waals surface area contributed by atoms with Gasteiger partial charge in [-0.25, -0.2) is 4.39 Å². The Balaban J connectivity index is 1.32. The highest BCUT2D eigenvalue weighted by Crippen LogP contribution is 2.22. The molecule has 2 fully saturated rings. The summed E-state index contributed by atoms with van der Waals surface area (Å²) < 4.78 is 19.2. The van der Waals surface area contributed by atoms with E-state index in [0.29, 0.717) is 31.0 Å². The molecule has 132 valence electrons. The van der Waals surface area contributed by atoms with E-state index in [0.717, 1.165) is 13.0 Å². The molecule has 3 rings (SSSR count). The molecule has 0 bridgehead atoms.